The molecule has 1 saturated carbocycles. The van der Waals surface area contributed by atoms with Gasteiger partial charge >= 0.3 is 5.97 Å². The zero-order valence-corrected chi connectivity index (χ0v) is 26.3. The molecular formula is C33H40BrN3O7. The van der Waals surface area contributed by atoms with Gasteiger partial charge in [0.15, 0.2) is 0 Å². The van der Waals surface area contributed by atoms with E-state index in [0.717, 1.165) is 32.1 Å². The number of carbonyl (C=O) groups is 4. The van der Waals surface area contributed by atoms with Crippen molar-refractivity contribution in [2.24, 2.45) is 11.8 Å². The molecule has 6 rings (SSSR count). The molecule has 4 aliphatic heterocycles. The van der Waals surface area contributed by atoms with Crippen LogP contribution in [0.2, 0.25) is 0 Å². The highest BCUT2D eigenvalue weighted by Crippen LogP contribution is 2.59. The van der Waals surface area contributed by atoms with Gasteiger partial charge in [0, 0.05) is 36.6 Å². The first-order chi connectivity index (χ1) is 21.4. The molecule has 1 aromatic carbocycles. The first-order valence-corrected chi connectivity index (χ1v) is 16.6. The van der Waals surface area contributed by atoms with Crippen molar-refractivity contribution >= 4 is 39.6 Å². The molecule has 0 radical (unpaired) electrons. The van der Waals surface area contributed by atoms with Gasteiger partial charge in [-0.05, 0) is 37.3 Å². The maximum atomic E-state index is 14.7. The average molecular weight is 671 g/mol. The summed E-state index contributed by atoms with van der Waals surface area (Å²) in [6.45, 7) is 0.450. The second-order valence-corrected chi connectivity index (χ2v) is 13.3. The number of hydrogen-bond acceptors (Lipinski definition) is 7. The van der Waals surface area contributed by atoms with Crippen LogP contribution in [0, 0.1) is 11.8 Å². The Morgan fingerprint density at radius 3 is 2.55 bits per heavy atom. The second kappa shape index (κ2) is 13.1. The van der Waals surface area contributed by atoms with Gasteiger partial charge < -0.3 is 29.7 Å². The molecule has 1 spiro atoms. The fraction of sp³-hybridized carbons (Fsp3) is 0.576. The molecule has 44 heavy (non-hydrogen) atoms. The lowest BCUT2D eigenvalue weighted by Gasteiger charge is -2.40. The maximum absolute atomic E-state index is 14.7. The first kappa shape index (κ1) is 31.0. The van der Waals surface area contributed by atoms with Gasteiger partial charge in [-0.2, -0.15) is 0 Å². The number of fused-ring (bicyclic) bond motifs is 2. The summed E-state index contributed by atoms with van der Waals surface area (Å²) in [7, 11) is 0. The smallest absolute Gasteiger partial charge is 0.313 e. The third kappa shape index (κ3) is 5.63. The lowest BCUT2D eigenvalue weighted by atomic mass is 9.74. The van der Waals surface area contributed by atoms with E-state index in [9.17, 15) is 24.3 Å². The van der Waals surface area contributed by atoms with E-state index in [0.29, 0.717) is 29.4 Å². The summed E-state index contributed by atoms with van der Waals surface area (Å²) in [5.74, 6) is -3.30. The molecule has 0 aromatic heterocycles. The molecule has 2 N–H and O–H groups in total. The maximum Gasteiger partial charge on any atom is 0.313 e. The lowest BCUT2D eigenvalue weighted by Crippen LogP contribution is -2.58. The van der Waals surface area contributed by atoms with Crippen molar-refractivity contribution in [3.8, 4) is 0 Å². The van der Waals surface area contributed by atoms with E-state index in [2.05, 4.69) is 21.2 Å². The fourth-order valence-electron chi connectivity index (χ4n) is 7.65. The van der Waals surface area contributed by atoms with Crippen molar-refractivity contribution in [2.45, 2.75) is 81.3 Å². The van der Waals surface area contributed by atoms with Crippen LogP contribution in [-0.2, 0) is 28.7 Å². The van der Waals surface area contributed by atoms with Gasteiger partial charge in [-0.3, -0.25) is 19.2 Å². The van der Waals surface area contributed by atoms with Gasteiger partial charge in [0.1, 0.15) is 29.8 Å². The molecule has 10 nitrogen and oxygen atoms in total. The Balaban J connectivity index is 1.42. The van der Waals surface area contributed by atoms with Gasteiger partial charge in [0.2, 0.25) is 17.7 Å². The van der Waals surface area contributed by atoms with Crippen molar-refractivity contribution < 1.29 is 33.8 Å². The summed E-state index contributed by atoms with van der Waals surface area (Å²) in [5, 5.41) is 12.6. The highest BCUT2D eigenvalue weighted by Gasteiger charge is 2.75. The van der Waals surface area contributed by atoms with Crippen LogP contribution < -0.4 is 5.32 Å². The Bertz CT molecular complexity index is 1330. The zero-order chi connectivity index (χ0) is 30.8. The van der Waals surface area contributed by atoms with E-state index in [1.165, 1.54) is 4.90 Å². The van der Waals surface area contributed by atoms with E-state index >= 15 is 0 Å². The van der Waals surface area contributed by atoms with Crippen molar-refractivity contribution in [3.05, 3.63) is 58.6 Å². The summed E-state index contributed by atoms with van der Waals surface area (Å²) in [4.78, 5) is 59.2. The monoisotopic (exact) mass is 669 g/mol. The largest absolute Gasteiger partial charge is 0.455 e. The van der Waals surface area contributed by atoms with Gasteiger partial charge in [-0.15, -0.1) is 0 Å². The third-order valence-corrected chi connectivity index (χ3v) is 10.4. The summed E-state index contributed by atoms with van der Waals surface area (Å²) in [6.07, 6.45) is 10.0. The number of benzene rings is 1. The number of hydrogen-bond donors (Lipinski definition) is 2. The number of likely N-dealkylation sites (tertiary alicyclic amines) is 1. The van der Waals surface area contributed by atoms with E-state index in [-0.39, 0.29) is 49.9 Å². The topological polar surface area (TPSA) is 125 Å². The van der Waals surface area contributed by atoms with Gasteiger partial charge in [-0.25, -0.2) is 0 Å². The van der Waals surface area contributed by atoms with E-state index < -0.39 is 41.7 Å². The molecule has 4 heterocycles. The number of cyclic esters (lactones) is 1. The van der Waals surface area contributed by atoms with Crippen LogP contribution in [0.1, 0.15) is 63.0 Å². The van der Waals surface area contributed by atoms with Crippen LogP contribution in [0.4, 0.5) is 0 Å². The molecule has 1 aliphatic carbocycles. The predicted molar refractivity (Wildman–Crippen MR) is 164 cm³/mol. The van der Waals surface area contributed by atoms with Crippen LogP contribution in [0.15, 0.2) is 53.0 Å². The van der Waals surface area contributed by atoms with E-state index in [4.69, 9.17) is 9.47 Å². The Labute approximate surface area is 265 Å². The SMILES string of the molecule is O=C1CC/C=C\CN(C2CCCCC2)C(=O)[C@@H]2N(CCCO)C(=O)[C@H]3[C@H](C(=O)O[C@H](c4ccccc4)CN1)[C@H]1O[C@@]23C=C1Br. The highest BCUT2D eigenvalue weighted by molar-refractivity contribution is 9.11. The Kier molecular flexibility index (Phi) is 9.26. The van der Waals surface area contributed by atoms with E-state index in [1.807, 2.05) is 53.5 Å². The zero-order valence-electron chi connectivity index (χ0n) is 24.7. The van der Waals surface area contributed by atoms with Crippen LogP contribution in [0.5, 0.6) is 0 Å². The molecule has 0 unspecified atom stereocenters. The summed E-state index contributed by atoms with van der Waals surface area (Å²) in [5.41, 5.74) is -0.636. The van der Waals surface area contributed by atoms with Crippen molar-refractivity contribution in [2.75, 3.05) is 26.2 Å². The molecule has 5 aliphatic rings. The molecule has 6 atom stereocenters. The van der Waals surface area contributed by atoms with Crippen LogP contribution >= 0.6 is 15.9 Å². The number of ether oxygens (including phenoxy) is 2. The number of amides is 3. The molecule has 5 bridgehead atoms. The molecule has 11 heteroatoms. The molecule has 3 amide bonds. The Morgan fingerprint density at radius 1 is 1.02 bits per heavy atom. The molecule has 2 saturated heterocycles. The van der Waals surface area contributed by atoms with Crippen molar-refractivity contribution in [1.29, 1.82) is 0 Å². The molecule has 1 aromatic rings. The van der Waals surface area contributed by atoms with Crippen LogP contribution in [0.3, 0.4) is 0 Å². The summed E-state index contributed by atoms with van der Waals surface area (Å²) < 4.78 is 13.3. The minimum atomic E-state index is -1.35. The molecule has 3 fully saturated rings. The van der Waals surface area contributed by atoms with Crippen LogP contribution in [0.25, 0.3) is 0 Å². The number of halogens is 1. The number of aliphatic hydroxyl groups excluding tert-OH is 1. The highest BCUT2D eigenvalue weighted by atomic mass is 79.9. The number of nitrogens with one attached hydrogen (secondary N) is 1. The lowest BCUT2D eigenvalue weighted by molar-refractivity contribution is -0.160. The first-order valence-electron chi connectivity index (χ1n) is 15.8. The summed E-state index contributed by atoms with van der Waals surface area (Å²) >= 11 is 3.59. The molecular weight excluding hydrogens is 630 g/mol. The van der Waals surface area contributed by atoms with Crippen molar-refractivity contribution in [3.63, 3.8) is 0 Å². The standard InChI is InChI=1S/C33H40BrN3O7/c34-23-19-33-27-26(28(23)44-33)32(42)43-24(21-11-4-1-5-12-21)20-35-25(39)15-8-3-9-16-36(22-13-6-2-7-14-22)31(41)29(33)37(30(27)40)17-10-18-38/h1,3-5,9,11-12,19,22,24,26-29,38H,2,6-8,10,13-18,20H2,(H,35,39)/b9-3-/t24-,26-,27+,28-,29-,33+/m0/s1. The van der Waals surface area contributed by atoms with Gasteiger partial charge in [-0.1, -0.05) is 77.7 Å². The van der Waals surface area contributed by atoms with Gasteiger partial charge in [0.05, 0.1) is 12.5 Å². The third-order valence-electron chi connectivity index (χ3n) is 9.71. The number of carbonyl (C=O) groups excluding carboxylic acids is 4. The average Bonchev–Trinajstić information content (AvgIpc) is 3.63. The Hall–Kier alpha value is -3.02. The van der Waals surface area contributed by atoms with E-state index in [1.54, 1.807) is 0 Å². The number of allylic oxidation sites excluding steroid dienone is 1. The minimum absolute atomic E-state index is 0.00921. The second-order valence-electron chi connectivity index (χ2n) is 12.4. The fourth-order valence-corrected chi connectivity index (χ4v) is 8.38. The Morgan fingerprint density at radius 2 is 1.80 bits per heavy atom. The predicted octanol–water partition coefficient (Wildman–Crippen LogP) is 3.15. The number of esters is 1. The number of rotatable bonds is 5. The number of aliphatic hydroxyl groups is 1. The van der Waals surface area contributed by atoms with Gasteiger partial charge in [0.25, 0.3) is 0 Å². The quantitative estimate of drug-likeness (QED) is 0.365. The number of nitrogens with zero attached hydrogens (tertiary/aromatic N) is 2. The molecule has 236 valence electrons. The summed E-state index contributed by atoms with van der Waals surface area (Å²) in [6, 6.07) is 8.21. The normalized spacial score (nSPS) is 34.0. The minimum Gasteiger partial charge on any atom is -0.455 e. The van der Waals surface area contributed by atoms with Crippen LogP contribution in [-0.4, -0.2) is 88.6 Å². The van der Waals surface area contributed by atoms with Crippen molar-refractivity contribution in [1.82, 2.24) is 15.1 Å².